The van der Waals surface area contributed by atoms with Crippen LogP contribution in [0.15, 0.2) is 102 Å². The van der Waals surface area contributed by atoms with Crippen molar-refractivity contribution >= 4 is 27.5 Å². The minimum atomic E-state index is -4.21. The number of amides is 2. The van der Waals surface area contributed by atoms with Crippen LogP contribution in [-0.2, 0) is 32.6 Å². The number of hydrogen-bond donors (Lipinski definition) is 1. The lowest BCUT2D eigenvalue weighted by Crippen LogP contribution is -2.54. The molecule has 0 fully saturated rings. The molecule has 46 heavy (non-hydrogen) atoms. The molecule has 2 atom stereocenters. The van der Waals surface area contributed by atoms with Crippen molar-refractivity contribution < 1.29 is 22.4 Å². The Kier molecular flexibility index (Phi) is 11.4. The van der Waals surface area contributed by atoms with E-state index in [1.54, 1.807) is 43.3 Å². The highest BCUT2D eigenvalue weighted by Gasteiger charge is 2.35. The van der Waals surface area contributed by atoms with Gasteiger partial charge in [0.1, 0.15) is 18.4 Å². The number of halogens is 1. The number of aryl methyl sites for hydroxylation is 3. The second-order valence-corrected chi connectivity index (χ2v) is 13.6. The van der Waals surface area contributed by atoms with Crippen molar-refractivity contribution in [2.24, 2.45) is 0 Å². The first-order chi connectivity index (χ1) is 21.9. The predicted octanol–water partition coefficient (Wildman–Crippen LogP) is 6.50. The Bertz CT molecular complexity index is 1740. The zero-order valence-corrected chi connectivity index (χ0v) is 27.9. The molecule has 4 aromatic rings. The normalized spacial score (nSPS) is 12.7. The summed E-state index contributed by atoms with van der Waals surface area (Å²) in [6, 6.07) is 25.8. The van der Waals surface area contributed by atoms with Crippen LogP contribution in [0.5, 0.6) is 0 Å². The summed E-state index contributed by atoms with van der Waals surface area (Å²) in [6.07, 6.45) is 0.884. The van der Waals surface area contributed by atoms with Gasteiger partial charge in [0, 0.05) is 19.0 Å². The zero-order chi connectivity index (χ0) is 33.4. The number of sulfonamides is 1. The molecule has 0 aromatic heterocycles. The maximum absolute atomic E-state index is 14.6. The van der Waals surface area contributed by atoms with Crippen LogP contribution >= 0.6 is 0 Å². The zero-order valence-electron chi connectivity index (χ0n) is 27.0. The summed E-state index contributed by atoms with van der Waals surface area (Å²) in [6.45, 7) is 8.84. The highest BCUT2D eigenvalue weighted by atomic mass is 32.2. The third kappa shape index (κ3) is 8.60. The molecule has 9 heteroatoms. The second-order valence-electron chi connectivity index (χ2n) is 11.8. The van der Waals surface area contributed by atoms with E-state index in [0.29, 0.717) is 23.2 Å². The topological polar surface area (TPSA) is 86.8 Å². The number of rotatable bonds is 13. The molecule has 0 saturated carbocycles. The van der Waals surface area contributed by atoms with Crippen molar-refractivity contribution in [1.29, 1.82) is 0 Å². The number of carbonyl (C=O) groups excluding carboxylic acids is 2. The minimum Gasteiger partial charge on any atom is -0.352 e. The van der Waals surface area contributed by atoms with Crippen LogP contribution < -0.4 is 9.62 Å². The molecule has 1 N–H and O–H groups in total. The van der Waals surface area contributed by atoms with Crippen molar-refractivity contribution in [3.05, 3.63) is 131 Å². The van der Waals surface area contributed by atoms with Crippen molar-refractivity contribution in [2.75, 3.05) is 10.8 Å². The highest BCUT2D eigenvalue weighted by Crippen LogP contribution is 2.29. The summed E-state index contributed by atoms with van der Waals surface area (Å²) < 4.78 is 43.5. The Labute approximate surface area is 272 Å². The minimum absolute atomic E-state index is 0.0319. The molecule has 4 rings (SSSR count). The van der Waals surface area contributed by atoms with Gasteiger partial charge < -0.3 is 10.2 Å². The third-order valence-corrected chi connectivity index (χ3v) is 9.82. The number of carbonyl (C=O) groups is 2. The average Bonchev–Trinajstić information content (AvgIpc) is 3.03. The summed E-state index contributed by atoms with van der Waals surface area (Å²) in [5, 5.41) is 3.02. The number of benzene rings is 4. The fourth-order valence-electron chi connectivity index (χ4n) is 5.22. The van der Waals surface area contributed by atoms with Crippen molar-refractivity contribution in [3.63, 3.8) is 0 Å². The number of nitrogens with zero attached hydrogens (tertiary/aromatic N) is 2. The molecule has 0 heterocycles. The molecule has 4 aromatic carbocycles. The summed E-state index contributed by atoms with van der Waals surface area (Å²) in [7, 11) is -4.21. The number of anilines is 1. The van der Waals surface area contributed by atoms with Crippen molar-refractivity contribution in [2.45, 2.75) is 71.0 Å². The largest absolute Gasteiger partial charge is 0.352 e. The summed E-state index contributed by atoms with van der Waals surface area (Å²) >= 11 is 0. The molecule has 0 spiro atoms. The van der Waals surface area contributed by atoms with Gasteiger partial charge in [0.15, 0.2) is 0 Å². The molecule has 0 aliphatic heterocycles. The first-order valence-corrected chi connectivity index (χ1v) is 16.9. The standard InChI is InChI=1S/C37H42FN3O4S/c1-6-29(5)39-37(43)35(23-30-10-8-7-9-11-30)40(24-31-15-17-32(38)18-16-31)36(42)25-41(34-21-14-27(3)22-28(34)4)46(44,45)33-19-12-26(2)13-20-33/h7-22,29,35H,6,23-25H2,1-5H3,(H,39,43). The number of hydrogen-bond acceptors (Lipinski definition) is 4. The smallest absolute Gasteiger partial charge is 0.264 e. The van der Waals surface area contributed by atoms with Gasteiger partial charge in [0.05, 0.1) is 10.6 Å². The van der Waals surface area contributed by atoms with Gasteiger partial charge >= 0.3 is 0 Å². The van der Waals surface area contributed by atoms with E-state index in [1.165, 1.54) is 29.2 Å². The van der Waals surface area contributed by atoms with Crippen LogP contribution in [0.2, 0.25) is 0 Å². The van der Waals surface area contributed by atoms with E-state index < -0.39 is 34.3 Å². The van der Waals surface area contributed by atoms with Crippen LogP contribution in [0, 0.1) is 26.6 Å². The van der Waals surface area contributed by atoms with Crippen LogP contribution in [0.1, 0.15) is 48.1 Å². The Morgan fingerprint density at radius 2 is 1.46 bits per heavy atom. The molecule has 242 valence electrons. The Morgan fingerprint density at radius 1 is 0.826 bits per heavy atom. The van der Waals surface area contributed by atoms with Gasteiger partial charge in [-0.3, -0.25) is 13.9 Å². The molecule has 0 aliphatic rings. The van der Waals surface area contributed by atoms with E-state index in [1.807, 2.05) is 64.1 Å². The van der Waals surface area contributed by atoms with E-state index in [2.05, 4.69) is 5.32 Å². The Balaban J connectivity index is 1.83. The first kappa shape index (κ1) is 34.4. The molecule has 0 saturated heterocycles. The van der Waals surface area contributed by atoms with Crippen molar-refractivity contribution in [3.8, 4) is 0 Å². The maximum atomic E-state index is 14.6. The quantitative estimate of drug-likeness (QED) is 0.180. The van der Waals surface area contributed by atoms with Gasteiger partial charge in [0.25, 0.3) is 10.0 Å². The van der Waals surface area contributed by atoms with Crippen LogP contribution in [0.3, 0.4) is 0 Å². The summed E-state index contributed by atoms with van der Waals surface area (Å²) in [4.78, 5) is 29.9. The van der Waals surface area contributed by atoms with Crippen molar-refractivity contribution in [1.82, 2.24) is 10.2 Å². The Hall–Kier alpha value is -4.50. The lowest BCUT2D eigenvalue weighted by atomic mass is 10.0. The van der Waals surface area contributed by atoms with E-state index in [0.717, 1.165) is 21.0 Å². The van der Waals surface area contributed by atoms with Gasteiger partial charge in [-0.05, 0) is 81.1 Å². The SMILES string of the molecule is CCC(C)NC(=O)C(Cc1ccccc1)N(Cc1ccc(F)cc1)C(=O)CN(c1ccc(C)cc1C)S(=O)(=O)c1ccc(C)cc1. The monoisotopic (exact) mass is 643 g/mol. The summed E-state index contributed by atoms with van der Waals surface area (Å²) in [5.74, 6) is -1.35. The number of nitrogens with one attached hydrogen (secondary N) is 1. The lowest BCUT2D eigenvalue weighted by molar-refractivity contribution is -0.140. The second kappa shape index (κ2) is 15.2. The lowest BCUT2D eigenvalue weighted by Gasteiger charge is -2.34. The van der Waals surface area contributed by atoms with Gasteiger partial charge in [-0.15, -0.1) is 0 Å². The molecular weight excluding hydrogens is 601 g/mol. The fraction of sp³-hybridized carbons (Fsp3) is 0.297. The molecule has 2 unspecified atom stereocenters. The molecule has 0 radical (unpaired) electrons. The molecular formula is C37H42FN3O4S. The Morgan fingerprint density at radius 3 is 2.07 bits per heavy atom. The first-order valence-electron chi connectivity index (χ1n) is 15.4. The summed E-state index contributed by atoms with van der Waals surface area (Å²) in [5.41, 5.74) is 4.33. The third-order valence-electron chi connectivity index (χ3n) is 8.05. The van der Waals surface area contributed by atoms with E-state index in [-0.39, 0.29) is 29.8 Å². The predicted molar refractivity (Wildman–Crippen MR) is 180 cm³/mol. The molecule has 0 aliphatic carbocycles. The van der Waals surface area contributed by atoms with E-state index in [9.17, 15) is 22.4 Å². The van der Waals surface area contributed by atoms with Crippen LogP contribution in [0.4, 0.5) is 10.1 Å². The average molecular weight is 644 g/mol. The van der Waals surface area contributed by atoms with Crippen LogP contribution in [-0.4, -0.2) is 43.8 Å². The molecule has 7 nitrogen and oxygen atoms in total. The van der Waals surface area contributed by atoms with E-state index in [4.69, 9.17) is 0 Å². The van der Waals surface area contributed by atoms with Gasteiger partial charge in [-0.2, -0.15) is 0 Å². The van der Waals surface area contributed by atoms with Gasteiger partial charge in [0.2, 0.25) is 11.8 Å². The fourth-order valence-corrected chi connectivity index (χ4v) is 6.70. The molecule has 0 bridgehead atoms. The van der Waals surface area contributed by atoms with E-state index >= 15 is 0 Å². The molecule has 2 amide bonds. The maximum Gasteiger partial charge on any atom is 0.264 e. The van der Waals surface area contributed by atoms with Crippen LogP contribution in [0.25, 0.3) is 0 Å². The highest BCUT2D eigenvalue weighted by molar-refractivity contribution is 7.92. The van der Waals surface area contributed by atoms with Gasteiger partial charge in [-0.1, -0.05) is 84.8 Å². The van der Waals surface area contributed by atoms with Gasteiger partial charge in [-0.25, -0.2) is 12.8 Å².